The van der Waals surface area contributed by atoms with Crippen LogP contribution in [0.15, 0.2) is 53.7 Å². The predicted octanol–water partition coefficient (Wildman–Crippen LogP) is 3.77. The van der Waals surface area contributed by atoms with E-state index in [0.29, 0.717) is 19.0 Å². The Morgan fingerprint density at radius 1 is 1.13 bits per heavy atom. The zero-order chi connectivity index (χ0) is 20.6. The SMILES string of the molecule is CCNC(=NCc1ccc(OC)nc1)NCc1ccccc1-n1nc(C)cc1C.I. The summed E-state index contributed by atoms with van der Waals surface area (Å²) in [7, 11) is 1.61. The zero-order valence-electron chi connectivity index (χ0n) is 17.8. The molecule has 0 bridgehead atoms. The maximum Gasteiger partial charge on any atom is 0.212 e. The molecule has 2 N–H and O–H groups in total. The Hall–Kier alpha value is -2.62. The molecule has 0 aliphatic rings. The molecule has 3 rings (SSSR count). The van der Waals surface area contributed by atoms with Crippen LogP contribution in [0.5, 0.6) is 5.88 Å². The highest BCUT2D eigenvalue weighted by Gasteiger charge is 2.09. The minimum Gasteiger partial charge on any atom is -0.481 e. The lowest BCUT2D eigenvalue weighted by molar-refractivity contribution is 0.397. The van der Waals surface area contributed by atoms with E-state index in [-0.39, 0.29) is 24.0 Å². The molecule has 0 unspecified atom stereocenters. The summed E-state index contributed by atoms with van der Waals surface area (Å²) >= 11 is 0. The number of aromatic nitrogens is 3. The van der Waals surface area contributed by atoms with Crippen molar-refractivity contribution in [1.29, 1.82) is 0 Å². The van der Waals surface area contributed by atoms with Crippen LogP contribution < -0.4 is 15.4 Å². The molecule has 0 atom stereocenters. The second-order valence-electron chi connectivity index (χ2n) is 6.73. The summed E-state index contributed by atoms with van der Waals surface area (Å²) in [6.45, 7) is 8.08. The number of halogens is 1. The van der Waals surface area contributed by atoms with Crippen molar-refractivity contribution in [3.63, 3.8) is 0 Å². The summed E-state index contributed by atoms with van der Waals surface area (Å²) in [6.07, 6.45) is 1.78. The maximum atomic E-state index is 5.10. The molecular formula is C22H29IN6O. The van der Waals surface area contributed by atoms with Crippen LogP contribution in [-0.2, 0) is 13.1 Å². The Labute approximate surface area is 195 Å². The molecule has 0 amide bonds. The van der Waals surface area contributed by atoms with Gasteiger partial charge in [0.25, 0.3) is 0 Å². The highest BCUT2D eigenvalue weighted by Crippen LogP contribution is 2.17. The van der Waals surface area contributed by atoms with Gasteiger partial charge in [0.15, 0.2) is 5.96 Å². The number of hydrogen-bond acceptors (Lipinski definition) is 4. The molecule has 8 heteroatoms. The first-order chi connectivity index (χ1) is 14.1. The molecule has 0 fully saturated rings. The van der Waals surface area contributed by atoms with E-state index in [1.54, 1.807) is 13.3 Å². The number of methoxy groups -OCH3 is 1. The van der Waals surface area contributed by atoms with Crippen LogP contribution in [0.1, 0.15) is 29.4 Å². The van der Waals surface area contributed by atoms with Crippen molar-refractivity contribution < 1.29 is 4.74 Å². The van der Waals surface area contributed by atoms with E-state index in [4.69, 9.17) is 4.74 Å². The molecule has 7 nitrogen and oxygen atoms in total. The van der Waals surface area contributed by atoms with Gasteiger partial charge in [-0.1, -0.05) is 24.3 Å². The highest BCUT2D eigenvalue weighted by molar-refractivity contribution is 14.0. The number of benzene rings is 1. The van der Waals surface area contributed by atoms with Gasteiger partial charge in [-0.3, -0.25) is 0 Å². The second-order valence-corrected chi connectivity index (χ2v) is 6.73. The number of nitrogens with one attached hydrogen (secondary N) is 2. The van der Waals surface area contributed by atoms with Crippen LogP contribution in [0.25, 0.3) is 5.69 Å². The number of ether oxygens (including phenoxy) is 1. The van der Waals surface area contributed by atoms with Crippen molar-refractivity contribution in [2.45, 2.75) is 33.9 Å². The van der Waals surface area contributed by atoms with Crippen LogP contribution in [0, 0.1) is 13.8 Å². The second kappa shape index (κ2) is 11.5. The Morgan fingerprint density at radius 2 is 1.93 bits per heavy atom. The number of aryl methyl sites for hydroxylation is 2. The normalized spacial score (nSPS) is 11.0. The van der Waals surface area contributed by atoms with Crippen molar-refractivity contribution in [2.24, 2.45) is 4.99 Å². The van der Waals surface area contributed by atoms with E-state index in [0.717, 1.165) is 40.7 Å². The summed E-state index contributed by atoms with van der Waals surface area (Å²) in [5.41, 5.74) is 5.36. The topological polar surface area (TPSA) is 76.4 Å². The molecule has 3 aromatic rings. The van der Waals surface area contributed by atoms with Gasteiger partial charge in [0.1, 0.15) is 0 Å². The van der Waals surface area contributed by atoms with Gasteiger partial charge in [0, 0.05) is 31.0 Å². The number of hydrogen-bond donors (Lipinski definition) is 2. The lowest BCUT2D eigenvalue weighted by Crippen LogP contribution is -2.37. The van der Waals surface area contributed by atoms with Gasteiger partial charge in [0.2, 0.25) is 5.88 Å². The number of rotatable bonds is 7. The third kappa shape index (κ3) is 6.19. The van der Waals surface area contributed by atoms with Gasteiger partial charge < -0.3 is 15.4 Å². The Kier molecular flexibility index (Phi) is 9.10. The van der Waals surface area contributed by atoms with Gasteiger partial charge in [0.05, 0.1) is 25.0 Å². The quantitative estimate of drug-likeness (QED) is 0.282. The van der Waals surface area contributed by atoms with E-state index in [2.05, 4.69) is 57.8 Å². The average molecular weight is 520 g/mol. The minimum absolute atomic E-state index is 0. The zero-order valence-corrected chi connectivity index (χ0v) is 20.2. The first-order valence-electron chi connectivity index (χ1n) is 9.73. The smallest absolute Gasteiger partial charge is 0.212 e. The van der Waals surface area contributed by atoms with Crippen LogP contribution >= 0.6 is 24.0 Å². The molecule has 0 saturated carbocycles. The molecule has 0 aliphatic carbocycles. The van der Waals surface area contributed by atoms with Gasteiger partial charge in [-0.15, -0.1) is 24.0 Å². The predicted molar refractivity (Wildman–Crippen MR) is 131 cm³/mol. The standard InChI is InChI=1S/C22H28N6O.HI/c1-5-23-22(25-14-18-10-11-21(29-4)24-13-18)26-15-19-8-6-7-9-20(19)28-17(3)12-16(2)27-28;/h6-13H,5,14-15H2,1-4H3,(H2,23,25,26);1H. The lowest BCUT2D eigenvalue weighted by Gasteiger charge is -2.15. The third-order valence-corrected chi connectivity index (χ3v) is 4.45. The summed E-state index contributed by atoms with van der Waals surface area (Å²) in [5, 5.41) is 11.3. The Balaban J connectivity index is 0.00000320. The molecule has 0 spiro atoms. The van der Waals surface area contributed by atoms with Crippen molar-refractivity contribution >= 4 is 29.9 Å². The van der Waals surface area contributed by atoms with Crippen LogP contribution in [-0.4, -0.2) is 34.4 Å². The van der Waals surface area contributed by atoms with E-state index in [1.807, 2.05) is 35.9 Å². The fourth-order valence-corrected chi connectivity index (χ4v) is 3.06. The van der Waals surface area contributed by atoms with Crippen LogP contribution in [0.2, 0.25) is 0 Å². The number of para-hydroxylation sites is 1. The summed E-state index contributed by atoms with van der Waals surface area (Å²) in [5.74, 6) is 1.36. The first kappa shape index (κ1) is 23.7. The fourth-order valence-electron chi connectivity index (χ4n) is 3.06. The van der Waals surface area contributed by atoms with E-state index in [1.165, 1.54) is 0 Å². The van der Waals surface area contributed by atoms with E-state index >= 15 is 0 Å². The fraction of sp³-hybridized carbons (Fsp3) is 0.318. The molecular weight excluding hydrogens is 491 g/mol. The Morgan fingerprint density at radius 3 is 2.57 bits per heavy atom. The molecule has 2 heterocycles. The lowest BCUT2D eigenvalue weighted by atomic mass is 10.1. The van der Waals surface area contributed by atoms with Crippen molar-refractivity contribution in [3.8, 4) is 11.6 Å². The van der Waals surface area contributed by atoms with Crippen LogP contribution in [0.3, 0.4) is 0 Å². The number of guanidine groups is 1. The van der Waals surface area contributed by atoms with Gasteiger partial charge in [-0.25, -0.2) is 14.7 Å². The summed E-state index contributed by atoms with van der Waals surface area (Å²) in [4.78, 5) is 8.90. The van der Waals surface area contributed by atoms with Gasteiger partial charge in [-0.05, 0) is 44.0 Å². The van der Waals surface area contributed by atoms with Crippen LogP contribution in [0.4, 0.5) is 0 Å². The van der Waals surface area contributed by atoms with Gasteiger partial charge >= 0.3 is 0 Å². The van der Waals surface area contributed by atoms with E-state index in [9.17, 15) is 0 Å². The molecule has 1 aromatic carbocycles. The average Bonchev–Trinajstić information content (AvgIpc) is 3.08. The first-order valence-corrected chi connectivity index (χ1v) is 9.73. The molecule has 0 saturated heterocycles. The van der Waals surface area contributed by atoms with E-state index < -0.39 is 0 Å². The third-order valence-electron chi connectivity index (χ3n) is 4.45. The maximum absolute atomic E-state index is 5.10. The monoisotopic (exact) mass is 520 g/mol. The number of pyridine rings is 1. The molecule has 160 valence electrons. The molecule has 0 radical (unpaired) electrons. The molecule has 2 aromatic heterocycles. The number of nitrogens with zero attached hydrogens (tertiary/aromatic N) is 4. The summed E-state index contributed by atoms with van der Waals surface area (Å²) < 4.78 is 7.09. The molecule has 0 aliphatic heterocycles. The highest BCUT2D eigenvalue weighted by atomic mass is 127. The molecule has 30 heavy (non-hydrogen) atoms. The minimum atomic E-state index is 0. The van der Waals surface area contributed by atoms with Crippen molar-refractivity contribution in [3.05, 3.63) is 71.2 Å². The largest absolute Gasteiger partial charge is 0.481 e. The Bertz CT molecular complexity index is 968. The van der Waals surface area contributed by atoms with Crippen molar-refractivity contribution in [1.82, 2.24) is 25.4 Å². The van der Waals surface area contributed by atoms with Gasteiger partial charge in [-0.2, -0.15) is 5.10 Å². The van der Waals surface area contributed by atoms with Crippen molar-refractivity contribution in [2.75, 3.05) is 13.7 Å². The number of aliphatic imine (C=N–C) groups is 1. The summed E-state index contributed by atoms with van der Waals surface area (Å²) in [6, 6.07) is 14.2.